The summed E-state index contributed by atoms with van der Waals surface area (Å²) in [5.74, 6) is -0.467. The lowest BCUT2D eigenvalue weighted by Gasteiger charge is -2.07. The molecular formula is C24H22N4O2. The molecular weight excluding hydrogens is 376 g/mol. The number of carbonyl (C=O) groups excluding carboxylic acids is 2. The maximum atomic E-state index is 12.8. The molecule has 6 nitrogen and oxygen atoms in total. The van der Waals surface area contributed by atoms with Crippen LogP contribution >= 0.6 is 0 Å². The lowest BCUT2D eigenvalue weighted by molar-refractivity contribution is 0.0939. The maximum absolute atomic E-state index is 12.8. The Morgan fingerprint density at radius 2 is 1.53 bits per heavy atom. The number of aromatic nitrogens is 2. The van der Waals surface area contributed by atoms with Gasteiger partial charge in [0.15, 0.2) is 5.69 Å². The van der Waals surface area contributed by atoms with E-state index in [0.29, 0.717) is 18.6 Å². The first-order valence-corrected chi connectivity index (χ1v) is 9.75. The van der Waals surface area contributed by atoms with Gasteiger partial charge in [0, 0.05) is 19.3 Å². The van der Waals surface area contributed by atoms with Crippen molar-refractivity contribution in [1.29, 1.82) is 0 Å². The van der Waals surface area contributed by atoms with Crippen molar-refractivity contribution in [3.05, 3.63) is 107 Å². The minimum absolute atomic E-state index is 0.184. The number of amides is 2. The van der Waals surface area contributed by atoms with Crippen molar-refractivity contribution in [3.63, 3.8) is 0 Å². The van der Waals surface area contributed by atoms with Crippen molar-refractivity contribution in [2.75, 3.05) is 0 Å². The fraction of sp³-hybridized carbons (Fsp3) is 0.125. The average Bonchev–Trinajstić information content (AvgIpc) is 3.17. The highest BCUT2D eigenvalue weighted by Gasteiger charge is 2.21. The Morgan fingerprint density at radius 3 is 2.33 bits per heavy atom. The summed E-state index contributed by atoms with van der Waals surface area (Å²) in [6.45, 7) is 2.78. The van der Waals surface area contributed by atoms with Crippen LogP contribution in [0.15, 0.2) is 79.0 Å². The van der Waals surface area contributed by atoms with E-state index in [1.807, 2.05) is 67.6 Å². The number of hydrogen-bond acceptors (Lipinski definition) is 3. The molecule has 0 aliphatic carbocycles. The first kappa shape index (κ1) is 19.4. The van der Waals surface area contributed by atoms with Crippen molar-refractivity contribution in [2.24, 2.45) is 0 Å². The number of nitrogens with zero attached hydrogens (tertiary/aromatic N) is 2. The number of nitrogens with one attached hydrogen (secondary N) is 2. The zero-order valence-electron chi connectivity index (χ0n) is 16.6. The summed E-state index contributed by atoms with van der Waals surface area (Å²) < 4.78 is 1.64. The number of imidazole rings is 1. The Labute approximate surface area is 174 Å². The van der Waals surface area contributed by atoms with Gasteiger partial charge in [-0.25, -0.2) is 4.98 Å². The van der Waals surface area contributed by atoms with Gasteiger partial charge in [0.25, 0.3) is 11.8 Å². The molecule has 0 unspecified atom stereocenters. The maximum Gasteiger partial charge on any atom is 0.287 e. The highest BCUT2D eigenvalue weighted by Crippen LogP contribution is 2.14. The third kappa shape index (κ3) is 4.07. The van der Waals surface area contributed by atoms with Crippen molar-refractivity contribution in [2.45, 2.75) is 20.0 Å². The van der Waals surface area contributed by atoms with E-state index >= 15 is 0 Å². The van der Waals surface area contributed by atoms with Crippen LogP contribution in [-0.4, -0.2) is 21.2 Å². The molecule has 2 amide bonds. The molecule has 0 saturated carbocycles. The highest BCUT2D eigenvalue weighted by molar-refractivity contribution is 6.02. The molecule has 0 aliphatic rings. The van der Waals surface area contributed by atoms with E-state index in [1.165, 1.54) is 0 Å². The first-order valence-electron chi connectivity index (χ1n) is 9.75. The Kier molecular flexibility index (Phi) is 5.57. The quantitative estimate of drug-likeness (QED) is 0.522. The van der Waals surface area contributed by atoms with Crippen LogP contribution < -0.4 is 10.6 Å². The molecule has 2 N–H and O–H groups in total. The molecule has 0 bridgehead atoms. The normalized spacial score (nSPS) is 10.7. The van der Waals surface area contributed by atoms with Gasteiger partial charge in [-0.15, -0.1) is 0 Å². The minimum atomic E-state index is -0.332. The molecule has 0 aliphatic heterocycles. The second kappa shape index (κ2) is 8.61. The van der Waals surface area contributed by atoms with Crippen molar-refractivity contribution in [3.8, 4) is 0 Å². The van der Waals surface area contributed by atoms with Crippen molar-refractivity contribution in [1.82, 2.24) is 20.0 Å². The second-order valence-electron chi connectivity index (χ2n) is 7.02. The van der Waals surface area contributed by atoms with Gasteiger partial charge in [-0.05, 0) is 35.7 Å². The fourth-order valence-corrected chi connectivity index (χ4v) is 3.29. The van der Waals surface area contributed by atoms with Crippen LogP contribution in [0.1, 0.15) is 37.8 Å². The molecule has 0 atom stereocenters. The van der Waals surface area contributed by atoms with Gasteiger partial charge in [-0.3, -0.25) is 14.0 Å². The van der Waals surface area contributed by atoms with Crippen LogP contribution in [0.25, 0.3) is 5.52 Å². The van der Waals surface area contributed by atoms with Gasteiger partial charge in [0.1, 0.15) is 0 Å². The SMILES string of the molecule is Cc1ccccc1CNC(=O)c1nc(C(=O)NCc2ccccc2)c2ccccn12. The zero-order valence-corrected chi connectivity index (χ0v) is 16.6. The van der Waals surface area contributed by atoms with Crippen LogP contribution in [0, 0.1) is 6.92 Å². The Hall–Kier alpha value is -3.93. The van der Waals surface area contributed by atoms with E-state index in [-0.39, 0.29) is 23.3 Å². The summed E-state index contributed by atoms with van der Waals surface area (Å²) in [5.41, 5.74) is 3.95. The molecule has 2 aromatic heterocycles. The minimum Gasteiger partial charge on any atom is -0.347 e. The largest absolute Gasteiger partial charge is 0.347 e. The first-order chi connectivity index (χ1) is 14.6. The fourth-order valence-electron chi connectivity index (χ4n) is 3.29. The molecule has 150 valence electrons. The average molecular weight is 398 g/mol. The number of fused-ring (bicyclic) bond motifs is 1. The topological polar surface area (TPSA) is 75.5 Å². The van der Waals surface area contributed by atoms with Gasteiger partial charge in [0.2, 0.25) is 5.82 Å². The summed E-state index contributed by atoms with van der Waals surface area (Å²) >= 11 is 0. The van der Waals surface area contributed by atoms with Gasteiger partial charge < -0.3 is 10.6 Å². The van der Waals surface area contributed by atoms with Crippen molar-refractivity contribution < 1.29 is 9.59 Å². The van der Waals surface area contributed by atoms with E-state index in [2.05, 4.69) is 15.6 Å². The van der Waals surface area contributed by atoms with Crippen LogP contribution in [0.5, 0.6) is 0 Å². The molecule has 0 saturated heterocycles. The van der Waals surface area contributed by atoms with Crippen molar-refractivity contribution >= 4 is 17.3 Å². The number of rotatable bonds is 6. The van der Waals surface area contributed by atoms with Gasteiger partial charge in [-0.1, -0.05) is 60.7 Å². The standard InChI is InChI=1S/C24H22N4O2/c1-17-9-5-6-12-19(17)16-26-24(30)22-27-21(20-13-7-8-14-28(20)22)23(29)25-15-18-10-3-2-4-11-18/h2-14H,15-16H2,1H3,(H,25,29)(H,26,30). The summed E-state index contributed by atoms with van der Waals surface area (Å²) in [4.78, 5) is 30.0. The monoisotopic (exact) mass is 398 g/mol. The van der Waals surface area contributed by atoms with Gasteiger partial charge >= 0.3 is 0 Å². The molecule has 4 aromatic rings. The van der Waals surface area contributed by atoms with Crippen LogP contribution in [-0.2, 0) is 13.1 Å². The van der Waals surface area contributed by atoms with Crippen LogP contribution in [0.3, 0.4) is 0 Å². The second-order valence-corrected chi connectivity index (χ2v) is 7.02. The van der Waals surface area contributed by atoms with E-state index in [0.717, 1.165) is 16.7 Å². The van der Waals surface area contributed by atoms with Crippen LogP contribution in [0.4, 0.5) is 0 Å². The lowest BCUT2D eigenvalue weighted by Crippen LogP contribution is -2.26. The summed E-state index contributed by atoms with van der Waals surface area (Å²) in [6, 6.07) is 22.9. The molecule has 30 heavy (non-hydrogen) atoms. The molecule has 2 heterocycles. The summed E-state index contributed by atoms with van der Waals surface area (Å²) in [6.07, 6.45) is 1.74. The molecule has 0 fully saturated rings. The summed E-state index contributed by atoms with van der Waals surface area (Å²) in [5, 5.41) is 5.78. The molecule has 4 rings (SSSR count). The lowest BCUT2D eigenvalue weighted by atomic mass is 10.1. The zero-order chi connectivity index (χ0) is 20.9. The number of aryl methyl sites for hydroxylation is 1. The van der Waals surface area contributed by atoms with Gasteiger partial charge in [0.05, 0.1) is 5.52 Å². The molecule has 0 spiro atoms. The third-order valence-electron chi connectivity index (χ3n) is 4.96. The van der Waals surface area contributed by atoms with Gasteiger partial charge in [-0.2, -0.15) is 0 Å². The number of carbonyl (C=O) groups is 2. The third-order valence-corrected chi connectivity index (χ3v) is 4.96. The molecule has 2 aromatic carbocycles. The predicted octanol–water partition coefficient (Wildman–Crippen LogP) is 3.50. The van der Waals surface area contributed by atoms with E-state index in [9.17, 15) is 9.59 Å². The molecule has 6 heteroatoms. The summed E-state index contributed by atoms with van der Waals surface area (Å²) in [7, 11) is 0. The van der Waals surface area contributed by atoms with E-state index in [1.54, 1.807) is 22.7 Å². The molecule has 0 radical (unpaired) electrons. The highest BCUT2D eigenvalue weighted by atomic mass is 16.2. The number of benzene rings is 2. The predicted molar refractivity (Wildman–Crippen MR) is 115 cm³/mol. The van der Waals surface area contributed by atoms with E-state index < -0.39 is 0 Å². The number of pyridine rings is 1. The Morgan fingerprint density at radius 1 is 0.833 bits per heavy atom. The van der Waals surface area contributed by atoms with Crippen LogP contribution in [0.2, 0.25) is 0 Å². The smallest absolute Gasteiger partial charge is 0.287 e. The Balaban J connectivity index is 1.55. The van der Waals surface area contributed by atoms with E-state index in [4.69, 9.17) is 0 Å². The Bertz CT molecular complexity index is 1200. The number of hydrogen-bond donors (Lipinski definition) is 2.